The first-order valence-electron chi connectivity index (χ1n) is 7.80. The number of amides is 1. The van der Waals surface area contributed by atoms with E-state index < -0.39 is 0 Å². The van der Waals surface area contributed by atoms with Gasteiger partial charge in [-0.2, -0.15) is 0 Å². The van der Waals surface area contributed by atoms with Gasteiger partial charge in [-0.25, -0.2) is 9.97 Å². The second kappa shape index (κ2) is 8.53. The molecule has 0 saturated carbocycles. The molecule has 1 fully saturated rings. The number of carbonyl (C=O) groups is 1. The number of hydrogen-bond acceptors (Lipinski definition) is 6. The van der Waals surface area contributed by atoms with Gasteiger partial charge in [0.25, 0.3) is 0 Å². The number of nitrogens with zero attached hydrogens (tertiary/aromatic N) is 3. The van der Waals surface area contributed by atoms with Crippen LogP contribution in [-0.2, 0) is 9.53 Å². The molecule has 0 unspecified atom stereocenters. The van der Waals surface area contributed by atoms with Crippen molar-refractivity contribution in [2.75, 3.05) is 49.6 Å². The molecule has 7 nitrogen and oxygen atoms in total. The molecule has 7 heteroatoms. The summed E-state index contributed by atoms with van der Waals surface area (Å²) < 4.78 is 5.34. The number of ether oxygens (including phenoxy) is 1. The first-order valence-corrected chi connectivity index (χ1v) is 7.80. The molecule has 0 aromatic carbocycles. The van der Waals surface area contributed by atoms with Crippen molar-refractivity contribution in [2.45, 2.75) is 20.3 Å². The third-order valence-electron chi connectivity index (χ3n) is 3.33. The molecule has 1 aromatic heterocycles. The molecule has 1 aliphatic heterocycles. The van der Waals surface area contributed by atoms with Crippen molar-refractivity contribution >= 4 is 17.5 Å². The number of aromatic nitrogens is 2. The van der Waals surface area contributed by atoms with Crippen LogP contribution in [-0.4, -0.2) is 55.3 Å². The summed E-state index contributed by atoms with van der Waals surface area (Å²) in [6, 6.07) is 1.93. The molecule has 2 heterocycles. The standard InChI is InChI=1S/C15H25N5O2/c1-12(2)9-15(21)17-4-3-16-13-10-14(19-11-18-13)20-5-7-22-8-6-20/h10-12H,3-9H2,1-2H3,(H,17,21)(H,16,18,19). The van der Waals surface area contributed by atoms with Crippen molar-refractivity contribution in [1.82, 2.24) is 15.3 Å². The van der Waals surface area contributed by atoms with Gasteiger partial charge < -0.3 is 20.3 Å². The summed E-state index contributed by atoms with van der Waals surface area (Å²) >= 11 is 0. The highest BCUT2D eigenvalue weighted by Crippen LogP contribution is 2.15. The number of nitrogens with one attached hydrogen (secondary N) is 2. The Labute approximate surface area is 131 Å². The molecule has 1 amide bonds. The molecule has 0 bridgehead atoms. The maximum absolute atomic E-state index is 11.5. The van der Waals surface area contributed by atoms with Gasteiger partial charge in [0.1, 0.15) is 18.0 Å². The van der Waals surface area contributed by atoms with Gasteiger partial charge in [0.2, 0.25) is 5.91 Å². The van der Waals surface area contributed by atoms with Crippen LogP contribution < -0.4 is 15.5 Å². The van der Waals surface area contributed by atoms with Crippen LogP contribution in [0.3, 0.4) is 0 Å². The molecule has 0 spiro atoms. The third kappa shape index (κ3) is 5.48. The molecule has 0 aliphatic carbocycles. The predicted octanol–water partition coefficient (Wildman–Crippen LogP) is 0.887. The number of rotatable bonds is 7. The maximum atomic E-state index is 11.5. The SMILES string of the molecule is CC(C)CC(=O)NCCNc1cc(N2CCOCC2)ncn1. The molecule has 1 aliphatic rings. The third-order valence-corrected chi connectivity index (χ3v) is 3.33. The zero-order chi connectivity index (χ0) is 15.8. The molecule has 122 valence electrons. The van der Waals surface area contributed by atoms with E-state index >= 15 is 0 Å². The van der Waals surface area contributed by atoms with Crippen molar-refractivity contribution in [2.24, 2.45) is 5.92 Å². The first kappa shape index (κ1) is 16.5. The topological polar surface area (TPSA) is 79.4 Å². The minimum absolute atomic E-state index is 0.0912. The smallest absolute Gasteiger partial charge is 0.220 e. The molecule has 2 rings (SSSR count). The minimum Gasteiger partial charge on any atom is -0.378 e. The van der Waals surface area contributed by atoms with Gasteiger partial charge >= 0.3 is 0 Å². The Balaban J connectivity index is 1.75. The van der Waals surface area contributed by atoms with E-state index in [4.69, 9.17) is 4.74 Å². The molecular weight excluding hydrogens is 282 g/mol. The van der Waals surface area contributed by atoms with Gasteiger partial charge in [-0.05, 0) is 5.92 Å². The van der Waals surface area contributed by atoms with Crippen LogP contribution in [0.5, 0.6) is 0 Å². The van der Waals surface area contributed by atoms with E-state index in [-0.39, 0.29) is 5.91 Å². The number of hydrogen-bond donors (Lipinski definition) is 2. The zero-order valence-electron chi connectivity index (χ0n) is 13.3. The monoisotopic (exact) mass is 307 g/mol. The lowest BCUT2D eigenvalue weighted by molar-refractivity contribution is -0.121. The van der Waals surface area contributed by atoms with Crippen LogP contribution >= 0.6 is 0 Å². The summed E-state index contributed by atoms with van der Waals surface area (Å²) in [5.41, 5.74) is 0. The Kier molecular flexibility index (Phi) is 6.39. The van der Waals surface area contributed by atoms with Crippen LogP contribution in [0, 0.1) is 5.92 Å². The molecule has 2 N–H and O–H groups in total. The fourth-order valence-electron chi connectivity index (χ4n) is 2.24. The maximum Gasteiger partial charge on any atom is 0.220 e. The Bertz CT molecular complexity index is 475. The molecule has 0 atom stereocenters. The van der Waals surface area contributed by atoms with Crippen molar-refractivity contribution in [3.8, 4) is 0 Å². The van der Waals surface area contributed by atoms with E-state index in [2.05, 4.69) is 25.5 Å². The molecule has 0 radical (unpaired) electrons. The molecule has 22 heavy (non-hydrogen) atoms. The van der Waals surface area contributed by atoms with E-state index in [1.807, 2.05) is 19.9 Å². The summed E-state index contributed by atoms with van der Waals surface area (Å²) in [4.78, 5) is 22.2. The van der Waals surface area contributed by atoms with Gasteiger partial charge in [0.05, 0.1) is 13.2 Å². The fourth-order valence-corrected chi connectivity index (χ4v) is 2.24. The van der Waals surface area contributed by atoms with Gasteiger partial charge in [-0.15, -0.1) is 0 Å². The Morgan fingerprint density at radius 1 is 1.32 bits per heavy atom. The Hall–Kier alpha value is -1.89. The lowest BCUT2D eigenvalue weighted by Crippen LogP contribution is -2.36. The van der Waals surface area contributed by atoms with E-state index in [9.17, 15) is 4.79 Å². The van der Waals surface area contributed by atoms with Crippen LogP contribution in [0.2, 0.25) is 0 Å². The van der Waals surface area contributed by atoms with Crippen LogP contribution in [0.25, 0.3) is 0 Å². The predicted molar refractivity (Wildman–Crippen MR) is 86.0 cm³/mol. The summed E-state index contributed by atoms with van der Waals surface area (Å²) in [5.74, 6) is 2.15. The molecule has 1 aromatic rings. The summed E-state index contributed by atoms with van der Waals surface area (Å²) in [7, 11) is 0. The van der Waals surface area contributed by atoms with Gasteiger partial charge in [0, 0.05) is 38.7 Å². The summed E-state index contributed by atoms with van der Waals surface area (Å²) in [5, 5.41) is 6.10. The highest BCUT2D eigenvalue weighted by Gasteiger charge is 2.12. The lowest BCUT2D eigenvalue weighted by atomic mass is 10.1. The van der Waals surface area contributed by atoms with E-state index in [0.717, 1.165) is 37.9 Å². The van der Waals surface area contributed by atoms with Gasteiger partial charge in [0.15, 0.2) is 0 Å². The molecular formula is C15H25N5O2. The number of morpholine rings is 1. The number of carbonyl (C=O) groups excluding carboxylic acids is 1. The highest BCUT2D eigenvalue weighted by atomic mass is 16.5. The van der Waals surface area contributed by atoms with Crippen molar-refractivity contribution in [3.05, 3.63) is 12.4 Å². The summed E-state index contributed by atoms with van der Waals surface area (Å²) in [6.45, 7) is 8.45. The van der Waals surface area contributed by atoms with Crippen molar-refractivity contribution in [1.29, 1.82) is 0 Å². The van der Waals surface area contributed by atoms with Crippen molar-refractivity contribution < 1.29 is 9.53 Å². The quantitative estimate of drug-likeness (QED) is 0.728. The van der Waals surface area contributed by atoms with E-state index in [1.165, 1.54) is 0 Å². The number of anilines is 2. The summed E-state index contributed by atoms with van der Waals surface area (Å²) in [6.07, 6.45) is 2.12. The Morgan fingerprint density at radius 3 is 2.82 bits per heavy atom. The second-order valence-corrected chi connectivity index (χ2v) is 5.74. The van der Waals surface area contributed by atoms with Crippen LogP contribution in [0.15, 0.2) is 12.4 Å². The average Bonchev–Trinajstić information content (AvgIpc) is 2.52. The van der Waals surface area contributed by atoms with Gasteiger partial charge in [-0.3, -0.25) is 4.79 Å². The van der Waals surface area contributed by atoms with E-state index in [1.54, 1.807) is 6.33 Å². The average molecular weight is 307 g/mol. The minimum atomic E-state index is 0.0912. The zero-order valence-corrected chi connectivity index (χ0v) is 13.3. The largest absolute Gasteiger partial charge is 0.378 e. The lowest BCUT2D eigenvalue weighted by Gasteiger charge is -2.27. The van der Waals surface area contributed by atoms with Crippen molar-refractivity contribution in [3.63, 3.8) is 0 Å². The van der Waals surface area contributed by atoms with Crippen LogP contribution in [0.1, 0.15) is 20.3 Å². The Morgan fingerprint density at radius 2 is 2.09 bits per heavy atom. The van der Waals surface area contributed by atoms with E-state index in [0.29, 0.717) is 25.4 Å². The second-order valence-electron chi connectivity index (χ2n) is 5.74. The van der Waals surface area contributed by atoms with Crippen LogP contribution in [0.4, 0.5) is 11.6 Å². The van der Waals surface area contributed by atoms with Gasteiger partial charge in [-0.1, -0.05) is 13.8 Å². The molecule has 1 saturated heterocycles. The fraction of sp³-hybridized carbons (Fsp3) is 0.667. The highest BCUT2D eigenvalue weighted by molar-refractivity contribution is 5.76. The normalized spacial score (nSPS) is 15.0. The first-order chi connectivity index (χ1) is 10.6.